The summed E-state index contributed by atoms with van der Waals surface area (Å²) in [5.74, 6) is 0.537. The minimum atomic E-state index is -0.0110. The predicted molar refractivity (Wildman–Crippen MR) is 105 cm³/mol. The molecule has 1 heterocycles. The predicted octanol–water partition coefficient (Wildman–Crippen LogP) is 3.79. The Morgan fingerprint density at radius 3 is 2.48 bits per heavy atom. The van der Waals surface area contributed by atoms with Crippen LogP contribution in [0.15, 0.2) is 67.0 Å². The molecule has 0 aliphatic rings. The number of hydrogen-bond donors (Lipinski definition) is 1. The van der Waals surface area contributed by atoms with Crippen LogP contribution in [0.25, 0.3) is 11.3 Å². The highest BCUT2D eigenvalue weighted by molar-refractivity contribution is 5.73. The lowest BCUT2D eigenvalue weighted by Crippen LogP contribution is -2.31. The molecule has 1 aromatic heterocycles. The molecule has 0 bridgehead atoms. The van der Waals surface area contributed by atoms with E-state index in [0.29, 0.717) is 12.5 Å². The maximum atomic E-state index is 11.1. The third-order valence-electron chi connectivity index (χ3n) is 4.11. The van der Waals surface area contributed by atoms with Gasteiger partial charge in [0.1, 0.15) is 12.9 Å². The number of carbonyl (C=O) groups excluding carboxylic acids is 1. The monoisotopic (exact) mass is 361 g/mol. The first-order valence-electron chi connectivity index (χ1n) is 8.95. The Labute approximate surface area is 159 Å². The number of ether oxygens (including phenoxy) is 1. The van der Waals surface area contributed by atoms with Gasteiger partial charge in [-0.15, -0.1) is 0 Å². The number of amides is 1. The number of aromatic nitrogens is 2. The van der Waals surface area contributed by atoms with Crippen molar-refractivity contribution >= 4 is 5.91 Å². The lowest BCUT2D eigenvalue weighted by atomic mass is 10.0. The number of benzene rings is 2. The summed E-state index contributed by atoms with van der Waals surface area (Å²) in [6.45, 7) is 4.00. The summed E-state index contributed by atoms with van der Waals surface area (Å²) in [6.07, 6.45) is 2.30. The van der Waals surface area contributed by atoms with Crippen molar-refractivity contribution in [2.45, 2.75) is 32.9 Å². The van der Waals surface area contributed by atoms with Gasteiger partial charge in [0.2, 0.25) is 11.8 Å². The molecule has 0 aliphatic heterocycles. The quantitative estimate of drug-likeness (QED) is 0.695. The fourth-order valence-electron chi connectivity index (χ4n) is 2.87. The standard InChI is InChI=1S/C22H23N3O2/c1-16(25-17(2)26)12-18-8-10-20(11-9-18)21-13-22(24-15-23-21)27-14-19-6-4-3-5-7-19/h3-11,13,15-16H,12,14H2,1-2H3,(H,25,26). The van der Waals surface area contributed by atoms with Crippen LogP contribution in [0, 0.1) is 0 Å². The fraction of sp³-hybridized carbons (Fsp3) is 0.227. The van der Waals surface area contributed by atoms with Crippen molar-refractivity contribution < 1.29 is 9.53 Å². The second kappa shape index (κ2) is 8.94. The highest BCUT2D eigenvalue weighted by Gasteiger charge is 2.07. The van der Waals surface area contributed by atoms with Gasteiger partial charge in [-0.25, -0.2) is 9.97 Å². The largest absolute Gasteiger partial charge is 0.473 e. The van der Waals surface area contributed by atoms with Gasteiger partial charge in [-0.2, -0.15) is 0 Å². The van der Waals surface area contributed by atoms with E-state index in [1.165, 1.54) is 13.3 Å². The molecule has 2 aromatic carbocycles. The smallest absolute Gasteiger partial charge is 0.217 e. The zero-order valence-electron chi connectivity index (χ0n) is 15.6. The normalized spacial score (nSPS) is 11.6. The third kappa shape index (κ3) is 5.64. The van der Waals surface area contributed by atoms with Crippen LogP contribution in [0.5, 0.6) is 5.88 Å². The average molecular weight is 361 g/mol. The Kier molecular flexibility index (Phi) is 6.15. The first-order chi connectivity index (χ1) is 13.1. The van der Waals surface area contributed by atoms with Gasteiger partial charge in [0.15, 0.2) is 0 Å². The summed E-state index contributed by atoms with van der Waals surface area (Å²) in [7, 11) is 0. The van der Waals surface area contributed by atoms with E-state index in [0.717, 1.165) is 28.8 Å². The molecule has 0 fully saturated rings. The van der Waals surface area contributed by atoms with Gasteiger partial charge >= 0.3 is 0 Å². The molecule has 0 aliphatic carbocycles. The number of nitrogens with one attached hydrogen (secondary N) is 1. The van der Waals surface area contributed by atoms with E-state index in [9.17, 15) is 4.79 Å². The van der Waals surface area contributed by atoms with Crippen LogP contribution in [0.4, 0.5) is 0 Å². The second-order valence-electron chi connectivity index (χ2n) is 6.52. The van der Waals surface area contributed by atoms with Crippen LogP contribution < -0.4 is 10.1 Å². The molecule has 1 atom stereocenters. The van der Waals surface area contributed by atoms with Crippen molar-refractivity contribution in [2.75, 3.05) is 0 Å². The van der Waals surface area contributed by atoms with Crippen molar-refractivity contribution in [1.82, 2.24) is 15.3 Å². The summed E-state index contributed by atoms with van der Waals surface area (Å²) in [5, 5.41) is 2.90. The van der Waals surface area contributed by atoms with Gasteiger partial charge in [0, 0.05) is 24.6 Å². The highest BCUT2D eigenvalue weighted by Crippen LogP contribution is 2.21. The van der Waals surface area contributed by atoms with Gasteiger partial charge in [-0.1, -0.05) is 54.6 Å². The zero-order chi connectivity index (χ0) is 19.1. The molecular weight excluding hydrogens is 338 g/mol. The Hall–Kier alpha value is -3.21. The maximum Gasteiger partial charge on any atom is 0.217 e. The molecule has 138 valence electrons. The van der Waals surface area contributed by atoms with Crippen LogP contribution in [0.1, 0.15) is 25.0 Å². The van der Waals surface area contributed by atoms with Crippen LogP contribution in [-0.4, -0.2) is 21.9 Å². The lowest BCUT2D eigenvalue weighted by molar-refractivity contribution is -0.119. The molecule has 1 unspecified atom stereocenters. The first-order valence-corrected chi connectivity index (χ1v) is 8.95. The van der Waals surface area contributed by atoms with Crippen LogP contribution in [0.3, 0.4) is 0 Å². The molecule has 3 aromatic rings. The van der Waals surface area contributed by atoms with Crippen LogP contribution in [0.2, 0.25) is 0 Å². The maximum absolute atomic E-state index is 11.1. The Bertz CT molecular complexity index is 880. The van der Waals surface area contributed by atoms with Crippen LogP contribution in [-0.2, 0) is 17.8 Å². The topological polar surface area (TPSA) is 64.1 Å². The Morgan fingerprint density at radius 1 is 1.04 bits per heavy atom. The van der Waals surface area contributed by atoms with Gasteiger partial charge in [0.05, 0.1) is 5.69 Å². The zero-order valence-corrected chi connectivity index (χ0v) is 15.6. The van der Waals surface area contributed by atoms with Gasteiger partial charge < -0.3 is 10.1 Å². The molecule has 27 heavy (non-hydrogen) atoms. The number of nitrogens with zero attached hydrogens (tertiary/aromatic N) is 2. The van der Waals surface area contributed by atoms with Crippen molar-refractivity contribution in [1.29, 1.82) is 0 Å². The highest BCUT2D eigenvalue weighted by atomic mass is 16.5. The Morgan fingerprint density at radius 2 is 1.78 bits per heavy atom. The number of rotatable bonds is 7. The van der Waals surface area contributed by atoms with Crippen molar-refractivity contribution in [3.63, 3.8) is 0 Å². The molecular formula is C22H23N3O2. The summed E-state index contributed by atoms with van der Waals surface area (Å²) in [6, 6.07) is 20.1. The van der Waals surface area contributed by atoms with E-state index in [4.69, 9.17) is 4.74 Å². The molecule has 0 radical (unpaired) electrons. The molecule has 1 N–H and O–H groups in total. The van der Waals surface area contributed by atoms with E-state index in [-0.39, 0.29) is 11.9 Å². The van der Waals surface area contributed by atoms with Gasteiger partial charge in [-0.3, -0.25) is 4.79 Å². The minimum Gasteiger partial charge on any atom is -0.473 e. The number of carbonyl (C=O) groups is 1. The first kappa shape index (κ1) is 18.6. The van der Waals surface area contributed by atoms with E-state index in [1.54, 1.807) is 0 Å². The lowest BCUT2D eigenvalue weighted by Gasteiger charge is -2.12. The molecule has 3 rings (SSSR count). The molecule has 0 saturated heterocycles. The van der Waals surface area contributed by atoms with Gasteiger partial charge in [-0.05, 0) is 24.5 Å². The van der Waals surface area contributed by atoms with Crippen molar-refractivity contribution in [3.05, 3.63) is 78.1 Å². The average Bonchev–Trinajstić information content (AvgIpc) is 2.67. The van der Waals surface area contributed by atoms with E-state index >= 15 is 0 Å². The number of hydrogen-bond acceptors (Lipinski definition) is 4. The summed E-state index contributed by atoms with van der Waals surface area (Å²) in [5.41, 5.74) is 4.07. The SMILES string of the molecule is CC(=O)NC(C)Cc1ccc(-c2cc(OCc3ccccc3)ncn2)cc1. The van der Waals surface area contributed by atoms with Gasteiger partial charge in [0.25, 0.3) is 0 Å². The Balaban J connectivity index is 1.65. The van der Waals surface area contributed by atoms with E-state index in [1.807, 2.05) is 55.5 Å². The molecule has 5 nitrogen and oxygen atoms in total. The van der Waals surface area contributed by atoms with Crippen LogP contribution >= 0.6 is 0 Å². The summed E-state index contributed by atoms with van der Waals surface area (Å²) < 4.78 is 5.78. The van der Waals surface area contributed by atoms with Crippen molar-refractivity contribution in [2.24, 2.45) is 0 Å². The minimum absolute atomic E-state index is 0.0110. The summed E-state index contributed by atoms with van der Waals surface area (Å²) in [4.78, 5) is 19.7. The van der Waals surface area contributed by atoms with E-state index in [2.05, 4.69) is 27.4 Å². The second-order valence-corrected chi connectivity index (χ2v) is 6.52. The summed E-state index contributed by atoms with van der Waals surface area (Å²) >= 11 is 0. The molecule has 0 spiro atoms. The third-order valence-corrected chi connectivity index (χ3v) is 4.11. The van der Waals surface area contributed by atoms with E-state index < -0.39 is 0 Å². The molecule has 1 amide bonds. The molecule has 5 heteroatoms. The van der Waals surface area contributed by atoms with Crippen molar-refractivity contribution in [3.8, 4) is 17.1 Å². The fourth-order valence-corrected chi connectivity index (χ4v) is 2.87. The molecule has 0 saturated carbocycles.